The average Bonchev–Trinajstić information content (AvgIpc) is 3.41. The number of nitrogens with zero attached hydrogens (tertiary/aromatic N) is 5. The zero-order chi connectivity index (χ0) is 19.8. The minimum atomic E-state index is -0.749. The van der Waals surface area contributed by atoms with Gasteiger partial charge in [-0.1, -0.05) is 12.1 Å². The monoisotopic (exact) mass is 378 g/mol. The zero-order valence-electron chi connectivity index (χ0n) is 15.5. The van der Waals surface area contributed by atoms with Crippen molar-refractivity contribution in [2.24, 2.45) is 5.73 Å². The van der Waals surface area contributed by atoms with Crippen LogP contribution < -0.4 is 10.6 Å². The highest BCUT2D eigenvalue weighted by atomic mass is 16.2. The lowest BCUT2D eigenvalue weighted by Gasteiger charge is -2.35. The molecule has 2 amide bonds. The fourth-order valence-electron chi connectivity index (χ4n) is 4.67. The number of likely N-dealkylation sites (tertiary alicyclic amines) is 2. The van der Waals surface area contributed by atoms with E-state index in [1.165, 1.54) is 0 Å². The van der Waals surface area contributed by atoms with Gasteiger partial charge in [-0.15, -0.1) is 0 Å². The maximum atomic E-state index is 12.9. The van der Waals surface area contributed by atoms with Crippen LogP contribution >= 0.6 is 0 Å². The number of carbonyl (C=O) groups is 2. The standard InChI is InChI=1S/C20H22N6O2/c21-9-13-4-1-2-6-17(13)26-15-8-18(20(26)28)24(11-15)12-16(23)19(27)25-7-3-5-14(25)10-22/h1-2,4,6,14-16,18H,3,5,7-8,11-12,23H2/t14-,15?,16-,18+/m0/s1. The molecule has 3 aliphatic heterocycles. The largest absolute Gasteiger partial charge is 0.325 e. The fourth-order valence-corrected chi connectivity index (χ4v) is 4.67. The van der Waals surface area contributed by atoms with Gasteiger partial charge in [-0.3, -0.25) is 14.5 Å². The third kappa shape index (κ3) is 2.91. The van der Waals surface area contributed by atoms with Gasteiger partial charge in [0.1, 0.15) is 12.1 Å². The van der Waals surface area contributed by atoms with Crippen LogP contribution in [-0.4, -0.2) is 65.4 Å². The molecule has 1 aromatic rings. The molecule has 1 aromatic carbocycles. The highest BCUT2D eigenvalue weighted by Crippen LogP contribution is 2.37. The minimum absolute atomic E-state index is 0.0204. The van der Waals surface area contributed by atoms with Crippen molar-refractivity contribution in [3.05, 3.63) is 29.8 Å². The molecule has 0 spiro atoms. The fraction of sp³-hybridized carbons (Fsp3) is 0.500. The number of benzene rings is 1. The van der Waals surface area contributed by atoms with Crippen molar-refractivity contribution in [2.45, 2.75) is 43.4 Å². The molecule has 3 saturated heterocycles. The number of hydrogen-bond acceptors (Lipinski definition) is 6. The van der Waals surface area contributed by atoms with E-state index in [9.17, 15) is 20.1 Å². The Labute approximate surface area is 163 Å². The summed E-state index contributed by atoms with van der Waals surface area (Å²) in [7, 11) is 0. The molecular formula is C20H22N6O2. The van der Waals surface area contributed by atoms with Crippen molar-refractivity contribution >= 4 is 17.5 Å². The van der Waals surface area contributed by atoms with Crippen LogP contribution in [0.15, 0.2) is 24.3 Å². The zero-order valence-corrected chi connectivity index (χ0v) is 15.5. The number of piperazine rings is 1. The number of nitriles is 2. The van der Waals surface area contributed by atoms with Crippen molar-refractivity contribution in [3.63, 3.8) is 0 Å². The summed E-state index contributed by atoms with van der Waals surface area (Å²) in [6.07, 6.45) is 2.18. The summed E-state index contributed by atoms with van der Waals surface area (Å²) < 4.78 is 0. The van der Waals surface area contributed by atoms with Gasteiger partial charge in [-0.25, -0.2) is 0 Å². The van der Waals surface area contributed by atoms with E-state index in [-0.39, 0.29) is 23.9 Å². The van der Waals surface area contributed by atoms with Crippen LogP contribution in [0.5, 0.6) is 0 Å². The van der Waals surface area contributed by atoms with Crippen molar-refractivity contribution in [3.8, 4) is 12.1 Å². The first-order valence-electron chi connectivity index (χ1n) is 9.57. The Morgan fingerprint density at radius 3 is 2.82 bits per heavy atom. The van der Waals surface area contributed by atoms with E-state index in [2.05, 4.69) is 12.1 Å². The Balaban J connectivity index is 1.44. The normalized spacial score (nSPS) is 27.7. The summed E-state index contributed by atoms with van der Waals surface area (Å²) >= 11 is 0. The highest BCUT2D eigenvalue weighted by Gasteiger charge is 2.51. The van der Waals surface area contributed by atoms with Gasteiger partial charge in [-0.05, 0) is 31.4 Å². The molecule has 0 aromatic heterocycles. The lowest BCUT2D eigenvalue weighted by Crippen LogP contribution is -2.56. The summed E-state index contributed by atoms with van der Waals surface area (Å²) in [5.74, 6) is -0.263. The number of amides is 2. The van der Waals surface area contributed by atoms with Gasteiger partial charge in [0.25, 0.3) is 0 Å². The van der Waals surface area contributed by atoms with Gasteiger partial charge in [0.15, 0.2) is 0 Å². The summed E-state index contributed by atoms with van der Waals surface area (Å²) in [4.78, 5) is 30.9. The van der Waals surface area contributed by atoms with Gasteiger partial charge in [0, 0.05) is 19.6 Å². The molecule has 4 rings (SSSR count). The number of hydrogen-bond donors (Lipinski definition) is 1. The van der Waals surface area contributed by atoms with E-state index in [4.69, 9.17) is 5.73 Å². The lowest BCUT2D eigenvalue weighted by atomic mass is 10.1. The van der Waals surface area contributed by atoms with Gasteiger partial charge in [0.05, 0.1) is 35.4 Å². The number of rotatable bonds is 4. The predicted molar refractivity (Wildman–Crippen MR) is 101 cm³/mol. The lowest BCUT2D eigenvalue weighted by molar-refractivity contribution is -0.134. The Bertz CT molecular complexity index is 887. The van der Waals surface area contributed by atoms with E-state index in [0.717, 1.165) is 6.42 Å². The first kappa shape index (κ1) is 18.4. The minimum Gasteiger partial charge on any atom is -0.325 e. The van der Waals surface area contributed by atoms with Crippen LogP contribution in [0.3, 0.4) is 0 Å². The van der Waals surface area contributed by atoms with E-state index in [1.807, 2.05) is 11.0 Å². The van der Waals surface area contributed by atoms with Crippen LogP contribution in [-0.2, 0) is 9.59 Å². The maximum Gasteiger partial charge on any atom is 0.244 e. The van der Waals surface area contributed by atoms with Crippen molar-refractivity contribution in [1.82, 2.24) is 9.80 Å². The Hall–Kier alpha value is -2.94. The molecular weight excluding hydrogens is 356 g/mol. The first-order valence-corrected chi connectivity index (χ1v) is 9.57. The highest BCUT2D eigenvalue weighted by molar-refractivity contribution is 6.02. The Morgan fingerprint density at radius 2 is 2.11 bits per heavy atom. The van der Waals surface area contributed by atoms with Gasteiger partial charge < -0.3 is 15.5 Å². The third-order valence-electron chi connectivity index (χ3n) is 5.99. The van der Waals surface area contributed by atoms with E-state index < -0.39 is 12.1 Å². The molecule has 3 heterocycles. The summed E-state index contributed by atoms with van der Waals surface area (Å²) in [6, 6.07) is 9.94. The van der Waals surface area contributed by atoms with E-state index in [1.54, 1.807) is 28.0 Å². The Morgan fingerprint density at radius 1 is 1.32 bits per heavy atom. The number of fused-ring (bicyclic) bond motifs is 2. The summed E-state index contributed by atoms with van der Waals surface area (Å²) in [5, 5.41) is 18.5. The molecule has 0 radical (unpaired) electrons. The first-order chi connectivity index (χ1) is 13.5. The van der Waals surface area contributed by atoms with Gasteiger partial charge in [-0.2, -0.15) is 10.5 Å². The van der Waals surface area contributed by atoms with Crippen molar-refractivity contribution in [2.75, 3.05) is 24.5 Å². The van der Waals surface area contributed by atoms with Gasteiger partial charge in [0.2, 0.25) is 11.8 Å². The van der Waals surface area contributed by atoms with Crippen LogP contribution in [0.2, 0.25) is 0 Å². The molecule has 0 saturated carbocycles. The van der Waals surface area contributed by atoms with Crippen LogP contribution in [0.1, 0.15) is 24.8 Å². The summed E-state index contributed by atoms with van der Waals surface area (Å²) in [6.45, 7) is 1.49. The predicted octanol–water partition coefficient (Wildman–Crippen LogP) is 0.190. The number of para-hydroxylation sites is 1. The molecule has 28 heavy (non-hydrogen) atoms. The molecule has 4 atom stereocenters. The molecule has 2 N–H and O–H groups in total. The molecule has 8 heteroatoms. The second kappa shape index (κ2) is 7.23. The molecule has 144 valence electrons. The average molecular weight is 378 g/mol. The van der Waals surface area contributed by atoms with E-state index in [0.29, 0.717) is 43.7 Å². The maximum absolute atomic E-state index is 12.9. The second-order valence-corrected chi connectivity index (χ2v) is 7.62. The third-order valence-corrected chi connectivity index (χ3v) is 5.99. The Kier molecular flexibility index (Phi) is 4.76. The van der Waals surface area contributed by atoms with Gasteiger partial charge >= 0.3 is 0 Å². The van der Waals surface area contributed by atoms with Crippen LogP contribution in [0.4, 0.5) is 5.69 Å². The topological polar surface area (TPSA) is 117 Å². The molecule has 1 unspecified atom stereocenters. The quantitative estimate of drug-likeness (QED) is 0.799. The van der Waals surface area contributed by atoms with Crippen molar-refractivity contribution < 1.29 is 9.59 Å². The SMILES string of the molecule is N#Cc1ccccc1N1C(=O)[C@H]2CC1CN2C[C@H](N)C(=O)N1CCC[C@H]1C#N. The molecule has 0 aliphatic carbocycles. The smallest absolute Gasteiger partial charge is 0.244 e. The number of nitrogens with two attached hydrogens (primary N) is 1. The van der Waals surface area contributed by atoms with Crippen LogP contribution in [0.25, 0.3) is 0 Å². The second-order valence-electron chi connectivity index (χ2n) is 7.62. The van der Waals surface area contributed by atoms with Crippen LogP contribution in [0, 0.1) is 22.7 Å². The molecule has 3 aliphatic rings. The van der Waals surface area contributed by atoms with Crippen molar-refractivity contribution in [1.29, 1.82) is 10.5 Å². The number of carbonyl (C=O) groups excluding carboxylic acids is 2. The molecule has 8 nitrogen and oxygen atoms in total. The molecule has 3 fully saturated rings. The summed E-state index contributed by atoms with van der Waals surface area (Å²) in [5.41, 5.74) is 7.29. The van der Waals surface area contributed by atoms with E-state index >= 15 is 0 Å². The number of anilines is 1. The molecule has 2 bridgehead atoms.